The summed E-state index contributed by atoms with van der Waals surface area (Å²) < 4.78 is 33.1. The number of unbranched alkanes of at least 4 members (excludes halogenated alkanes) is 39. The molecule has 0 aliphatic heterocycles. The number of carbonyl (C=O) groups is 2. The quantitative estimate of drug-likeness (QED) is 0.0264. The van der Waals surface area contributed by atoms with E-state index in [1.54, 1.807) is 0 Å². The van der Waals surface area contributed by atoms with Crippen molar-refractivity contribution in [1.82, 2.24) is 0 Å². The molecule has 434 valence electrons. The Kier molecular flexibility index (Phi) is 58.6. The summed E-state index contributed by atoms with van der Waals surface area (Å²) in [6.45, 7) is 3.69. The van der Waals surface area contributed by atoms with Crippen molar-refractivity contribution < 1.29 is 37.6 Å². The number of carbonyl (C=O) groups excluding carboxylic acids is 2. The molecular weight excluding hydrogens is 942 g/mol. The fourth-order valence-electron chi connectivity index (χ4n) is 9.34. The van der Waals surface area contributed by atoms with Crippen molar-refractivity contribution >= 4 is 19.8 Å². The van der Waals surface area contributed by atoms with E-state index in [4.69, 9.17) is 24.3 Å². The van der Waals surface area contributed by atoms with Crippen molar-refractivity contribution in [3.05, 3.63) is 48.6 Å². The molecule has 0 aromatic carbocycles. The number of hydrogen-bond donors (Lipinski definition) is 2. The normalized spacial score (nSPS) is 13.3. The molecular formula is C64H120NO8P. The Hall–Kier alpha value is -2.03. The van der Waals surface area contributed by atoms with E-state index in [-0.39, 0.29) is 38.6 Å². The van der Waals surface area contributed by atoms with E-state index in [0.29, 0.717) is 6.42 Å². The van der Waals surface area contributed by atoms with Crippen LogP contribution < -0.4 is 5.73 Å². The van der Waals surface area contributed by atoms with E-state index < -0.39 is 26.5 Å². The predicted molar refractivity (Wildman–Crippen MR) is 317 cm³/mol. The summed E-state index contributed by atoms with van der Waals surface area (Å²) in [7, 11) is -4.39. The van der Waals surface area contributed by atoms with Crippen LogP contribution in [0.1, 0.15) is 316 Å². The van der Waals surface area contributed by atoms with Gasteiger partial charge >= 0.3 is 19.8 Å². The van der Waals surface area contributed by atoms with Crippen LogP contribution in [-0.4, -0.2) is 49.3 Å². The fraction of sp³-hybridized carbons (Fsp3) is 0.844. The number of phosphoric acid groups is 1. The van der Waals surface area contributed by atoms with E-state index in [1.807, 2.05) is 0 Å². The first-order valence-corrected chi connectivity index (χ1v) is 33.1. The minimum Gasteiger partial charge on any atom is -0.462 e. The Labute approximate surface area is 457 Å². The first-order chi connectivity index (χ1) is 36.3. The smallest absolute Gasteiger partial charge is 0.462 e. The molecule has 0 radical (unpaired) electrons. The summed E-state index contributed by atoms with van der Waals surface area (Å²) in [5.41, 5.74) is 5.39. The van der Waals surface area contributed by atoms with Gasteiger partial charge in [-0.1, -0.05) is 300 Å². The number of allylic oxidation sites excluding steroid dienone is 8. The van der Waals surface area contributed by atoms with E-state index in [9.17, 15) is 19.0 Å². The first kappa shape index (κ1) is 72.0. The molecule has 3 N–H and O–H groups in total. The molecule has 2 atom stereocenters. The van der Waals surface area contributed by atoms with Gasteiger partial charge in [-0.3, -0.25) is 18.6 Å². The number of hydrogen-bond acceptors (Lipinski definition) is 8. The lowest BCUT2D eigenvalue weighted by molar-refractivity contribution is -0.161. The van der Waals surface area contributed by atoms with Gasteiger partial charge in [0.25, 0.3) is 0 Å². The summed E-state index contributed by atoms with van der Waals surface area (Å²) in [6, 6.07) is 0. The van der Waals surface area contributed by atoms with Crippen LogP contribution in [0.4, 0.5) is 0 Å². The Morgan fingerprint density at radius 1 is 0.419 bits per heavy atom. The highest BCUT2D eigenvalue weighted by Gasteiger charge is 2.26. The van der Waals surface area contributed by atoms with Crippen LogP contribution in [0.5, 0.6) is 0 Å². The molecule has 2 unspecified atom stereocenters. The lowest BCUT2D eigenvalue weighted by Crippen LogP contribution is -2.29. The minimum absolute atomic E-state index is 0.0554. The molecule has 0 fully saturated rings. The summed E-state index contributed by atoms with van der Waals surface area (Å²) in [6.07, 6.45) is 74.7. The van der Waals surface area contributed by atoms with Gasteiger partial charge in [0.1, 0.15) is 6.61 Å². The monoisotopic (exact) mass is 1060 g/mol. The van der Waals surface area contributed by atoms with Gasteiger partial charge in [0.2, 0.25) is 0 Å². The van der Waals surface area contributed by atoms with Crippen molar-refractivity contribution in [2.24, 2.45) is 5.73 Å². The summed E-state index contributed by atoms with van der Waals surface area (Å²) in [4.78, 5) is 35.3. The SMILES string of the molecule is CC/C=C\C/C=C\C/C=C\C/C=C\CCCCCCCCCCCCCCCCCCCCC(=O)OC(COC(=O)CCCCCCCCCCCCCCCCCCCCCCCC)COP(=O)(O)OCCN. The van der Waals surface area contributed by atoms with Gasteiger partial charge in [-0.15, -0.1) is 0 Å². The summed E-state index contributed by atoms with van der Waals surface area (Å²) in [5, 5.41) is 0. The predicted octanol–water partition coefficient (Wildman–Crippen LogP) is 20.1. The Morgan fingerprint density at radius 3 is 1.11 bits per heavy atom. The third-order valence-corrected chi connectivity index (χ3v) is 15.0. The summed E-state index contributed by atoms with van der Waals surface area (Å²) in [5.74, 6) is -0.809. The largest absolute Gasteiger partial charge is 0.472 e. The van der Waals surface area contributed by atoms with Gasteiger partial charge in [-0.2, -0.15) is 0 Å². The molecule has 0 heterocycles. The maximum absolute atomic E-state index is 12.7. The average molecular weight is 1060 g/mol. The molecule has 74 heavy (non-hydrogen) atoms. The van der Waals surface area contributed by atoms with Crippen LogP contribution in [0.25, 0.3) is 0 Å². The second-order valence-electron chi connectivity index (χ2n) is 21.3. The maximum atomic E-state index is 12.7. The van der Waals surface area contributed by atoms with E-state index in [1.165, 1.54) is 225 Å². The fourth-order valence-corrected chi connectivity index (χ4v) is 10.1. The lowest BCUT2D eigenvalue weighted by Gasteiger charge is -2.19. The molecule has 0 aliphatic carbocycles. The van der Waals surface area contributed by atoms with Crippen LogP contribution in [-0.2, 0) is 32.7 Å². The standard InChI is InChI=1S/C64H120NO8P/c1-3-5-7-9-11-13-15-17-19-21-23-25-27-28-29-30-31-32-33-34-35-37-39-41-43-45-47-49-51-53-55-57-64(67)73-62(61-72-74(68,69)71-59-58-65)60-70-63(66)56-54-52-50-48-46-44-42-40-38-36-26-24-22-20-18-16-14-12-10-8-6-4-2/h5,7,11,13,17,19,23,25,62H,3-4,6,8-10,12,14-16,18,20-22,24,26-61,65H2,1-2H3,(H,68,69)/b7-5-,13-11-,19-17-,25-23-. The van der Waals surface area contributed by atoms with Crippen LogP contribution in [0.15, 0.2) is 48.6 Å². The minimum atomic E-state index is -4.39. The molecule has 9 nitrogen and oxygen atoms in total. The number of nitrogens with two attached hydrogens (primary N) is 1. The zero-order chi connectivity index (χ0) is 53.8. The molecule has 0 aliphatic rings. The van der Waals surface area contributed by atoms with Crippen molar-refractivity contribution in [1.29, 1.82) is 0 Å². The van der Waals surface area contributed by atoms with Crippen molar-refractivity contribution in [2.45, 2.75) is 322 Å². The molecule has 0 amide bonds. The highest BCUT2D eigenvalue weighted by molar-refractivity contribution is 7.47. The molecule has 0 aromatic heterocycles. The van der Waals surface area contributed by atoms with Gasteiger partial charge in [-0.25, -0.2) is 4.57 Å². The van der Waals surface area contributed by atoms with Crippen LogP contribution >= 0.6 is 7.82 Å². The van der Waals surface area contributed by atoms with Crippen LogP contribution in [0.3, 0.4) is 0 Å². The van der Waals surface area contributed by atoms with Crippen LogP contribution in [0.2, 0.25) is 0 Å². The Morgan fingerprint density at radius 2 is 0.743 bits per heavy atom. The highest BCUT2D eigenvalue weighted by atomic mass is 31.2. The lowest BCUT2D eigenvalue weighted by atomic mass is 10.0. The van der Waals surface area contributed by atoms with Gasteiger partial charge in [-0.05, 0) is 51.4 Å². The molecule has 0 aromatic rings. The number of phosphoric ester groups is 1. The Bertz CT molecular complexity index is 1350. The molecule has 0 rings (SSSR count). The summed E-state index contributed by atoms with van der Waals surface area (Å²) >= 11 is 0. The van der Waals surface area contributed by atoms with Gasteiger partial charge in [0.05, 0.1) is 13.2 Å². The number of rotatable bonds is 60. The second kappa shape index (κ2) is 60.2. The first-order valence-electron chi connectivity index (χ1n) is 31.6. The molecule has 10 heteroatoms. The highest BCUT2D eigenvalue weighted by Crippen LogP contribution is 2.43. The van der Waals surface area contributed by atoms with E-state index >= 15 is 0 Å². The number of esters is 2. The zero-order valence-corrected chi connectivity index (χ0v) is 49.5. The Balaban J connectivity index is 3.87. The average Bonchev–Trinajstić information content (AvgIpc) is 3.39. The zero-order valence-electron chi connectivity index (χ0n) is 48.6. The van der Waals surface area contributed by atoms with Crippen molar-refractivity contribution in [3.63, 3.8) is 0 Å². The van der Waals surface area contributed by atoms with Crippen molar-refractivity contribution in [3.8, 4) is 0 Å². The van der Waals surface area contributed by atoms with Gasteiger partial charge < -0.3 is 20.1 Å². The molecule has 0 bridgehead atoms. The third-order valence-electron chi connectivity index (χ3n) is 14.0. The van der Waals surface area contributed by atoms with Crippen LogP contribution in [0, 0.1) is 0 Å². The van der Waals surface area contributed by atoms with E-state index in [2.05, 4.69) is 62.5 Å². The molecule has 0 spiro atoms. The molecule has 0 saturated carbocycles. The topological polar surface area (TPSA) is 134 Å². The third kappa shape index (κ3) is 59.2. The second-order valence-corrected chi connectivity index (χ2v) is 22.7. The molecule has 0 saturated heterocycles. The van der Waals surface area contributed by atoms with Gasteiger partial charge in [0.15, 0.2) is 6.10 Å². The number of ether oxygens (including phenoxy) is 2. The van der Waals surface area contributed by atoms with Crippen molar-refractivity contribution in [2.75, 3.05) is 26.4 Å². The maximum Gasteiger partial charge on any atom is 0.472 e. The van der Waals surface area contributed by atoms with Gasteiger partial charge in [0, 0.05) is 19.4 Å². The van der Waals surface area contributed by atoms with E-state index in [0.717, 1.165) is 57.8 Å².